The fourth-order valence-electron chi connectivity index (χ4n) is 2.70. The number of aromatic hydroxyl groups is 1. The van der Waals surface area contributed by atoms with Crippen LogP contribution in [0.5, 0.6) is 5.75 Å². The number of hydrogen-bond donors (Lipinski definition) is 3. The summed E-state index contributed by atoms with van der Waals surface area (Å²) in [4.78, 5) is 12.2. The number of rotatable bonds is 3. The molecule has 4 nitrogen and oxygen atoms in total. The molecule has 0 unspecified atom stereocenters. The molecule has 0 atom stereocenters. The van der Waals surface area contributed by atoms with Crippen LogP contribution < -0.4 is 10.6 Å². The molecule has 0 bridgehead atoms. The van der Waals surface area contributed by atoms with Gasteiger partial charge in [0.15, 0.2) is 0 Å². The van der Waals surface area contributed by atoms with Crippen LogP contribution in [0.15, 0.2) is 42.5 Å². The van der Waals surface area contributed by atoms with Crippen LogP contribution in [0.4, 0.5) is 5.69 Å². The highest BCUT2D eigenvalue weighted by atomic mass is 16.3. The van der Waals surface area contributed by atoms with Crippen molar-refractivity contribution in [3.05, 3.63) is 59.2 Å². The second kappa shape index (κ2) is 5.97. The molecular formula is C17H18N2O2. The van der Waals surface area contributed by atoms with Crippen molar-refractivity contribution in [2.24, 2.45) is 0 Å². The lowest BCUT2D eigenvalue weighted by Gasteiger charge is -2.20. The third kappa shape index (κ3) is 3.23. The van der Waals surface area contributed by atoms with Gasteiger partial charge in [-0.25, -0.2) is 0 Å². The van der Waals surface area contributed by atoms with Crippen molar-refractivity contribution in [2.45, 2.75) is 19.4 Å². The zero-order chi connectivity index (χ0) is 14.7. The molecule has 0 radical (unpaired) electrons. The van der Waals surface area contributed by atoms with E-state index >= 15 is 0 Å². The predicted molar refractivity (Wildman–Crippen MR) is 82.3 cm³/mol. The number of carbonyl (C=O) groups is 1. The normalized spacial score (nSPS) is 13.5. The number of carbonyl (C=O) groups excluding carboxylic acids is 1. The Kier molecular flexibility index (Phi) is 3.88. The van der Waals surface area contributed by atoms with Gasteiger partial charge in [-0.3, -0.25) is 4.79 Å². The Labute approximate surface area is 123 Å². The molecular weight excluding hydrogens is 264 g/mol. The fraction of sp³-hybridized carbons (Fsp3) is 0.235. The molecule has 1 heterocycles. The molecule has 4 heteroatoms. The Hall–Kier alpha value is -2.33. The van der Waals surface area contributed by atoms with Crippen LogP contribution >= 0.6 is 0 Å². The maximum atomic E-state index is 12.2. The van der Waals surface area contributed by atoms with Crippen LogP contribution in [-0.4, -0.2) is 17.6 Å². The SMILES string of the molecule is O=C(Cc1cccc(O)c1)Nc1cccc2c1CCNC2. The summed E-state index contributed by atoms with van der Waals surface area (Å²) in [5, 5.41) is 15.8. The number of anilines is 1. The molecule has 3 rings (SSSR count). The molecule has 108 valence electrons. The number of fused-ring (bicyclic) bond motifs is 1. The maximum Gasteiger partial charge on any atom is 0.228 e. The van der Waals surface area contributed by atoms with E-state index in [2.05, 4.69) is 16.7 Å². The second-order valence-corrected chi connectivity index (χ2v) is 5.26. The monoisotopic (exact) mass is 282 g/mol. The molecule has 0 saturated heterocycles. The minimum absolute atomic E-state index is 0.0625. The average molecular weight is 282 g/mol. The molecule has 0 aromatic heterocycles. The van der Waals surface area contributed by atoms with E-state index in [1.165, 1.54) is 11.1 Å². The van der Waals surface area contributed by atoms with E-state index in [-0.39, 0.29) is 18.1 Å². The van der Waals surface area contributed by atoms with E-state index in [4.69, 9.17) is 0 Å². The van der Waals surface area contributed by atoms with Crippen molar-refractivity contribution in [3.8, 4) is 5.75 Å². The highest BCUT2D eigenvalue weighted by Gasteiger charge is 2.14. The third-order valence-corrected chi connectivity index (χ3v) is 3.69. The van der Waals surface area contributed by atoms with Gasteiger partial charge in [-0.15, -0.1) is 0 Å². The van der Waals surface area contributed by atoms with E-state index in [9.17, 15) is 9.90 Å². The number of benzene rings is 2. The quantitative estimate of drug-likeness (QED) is 0.809. The van der Waals surface area contributed by atoms with Crippen molar-refractivity contribution in [2.75, 3.05) is 11.9 Å². The number of hydrogen-bond acceptors (Lipinski definition) is 3. The summed E-state index contributed by atoms with van der Waals surface area (Å²) in [5.74, 6) is 0.121. The molecule has 1 aliphatic rings. The van der Waals surface area contributed by atoms with Gasteiger partial charge in [0.1, 0.15) is 5.75 Å². The van der Waals surface area contributed by atoms with Crippen molar-refractivity contribution < 1.29 is 9.90 Å². The summed E-state index contributed by atoms with van der Waals surface area (Å²) in [7, 11) is 0. The Bertz CT molecular complexity index is 668. The largest absolute Gasteiger partial charge is 0.508 e. The Morgan fingerprint density at radius 1 is 1.24 bits per heavy atom. The lowest BCUT2D eigenvalue weighted by Crippen LogP contribution is -2.25. The molecule has 0 fully saturated rings. The minimum atomic E-state index is -0.0625. The van der Waals surface area contributed by atoms with E-state index in [1.54, 1.807) is 18.2 Å². The van der Waals surface area contributed by atoms with E-state index in [1.807, 2.05) is 18.2 Å². The first-order valence-corrected chi connectivity index (χ1v) is 7.11. The van der Waals surface area contributed by atoms with Gasteiger partial charge < -0.3 is 15.7 Å². The molecule has 0 saturated carbocycles. The number of amides is 1. The summed E-state index contributed by atoms with van der Waals surface area (Å²) < 4.78 is 0. The topological polar surface area (TPSA) is 61.4 Å². The Morgan fingerprint density at radius 2 is 2.10 bits per heavy atom. The summed E-state index contributed by atoms with van der Waals surface area (Å²) in [5.41, 5.74) is 4.18. The zero-order valence-corrected chi connectivity index (χ0v) is 11.7. The average Bonchev–Trinajstić information content (AvgIpc) is 2.47. The lowest BCUT2D eigenvalue weighted by molar-refractivity contribution is -0.115. The van der Waals surface area contributed by atoms with Gasteiger partial charge in [0.2, 0.25) is 5.91 Å². The van der Waals surface area contributed by atoms with Gasteiger partial charge in [0.05, 0.1) is 6.42 Å². The molecule has 1 aliphatic heterocycles. The van der Waals surface area contributed by atoms with Gasteiger partial charge in [0, 0.05) is 12.2 Å². The molecule has 2 aromatic carbocycles. The predicted octanol–water partition coefficient (Wildman–Crippen LogP) is 2.22. The van der Waals surface area contributed by atoms with Crippen molar-refractivity contribution in [1.29, 1.82) is 0 Å². The van der Waals surface area contributed by atoms with Crippen molar-refractivity contribution in [3.63, 3.8) is 0 Å². The number of phenolic OH excluding ortho intramolecular Hbond substituents is 1. The summed E-state index contributed by atoms with van der Waals surface area (Å²) >= 11 is 0. The van der Waals surface area contributed by atoms with Gasteiger partial charge >= 0.3 is 0 Å². The van der Waals surface area contributed by atoms with Gasteiger partial charge in [-0.05, 0) is 47.9 Å². The molecule has 2 aromatic rings. The van der Waals surface area contributed by atoms with Crippen LogP contribution in [0.1, 0.15) is 16.7 Å². The highest BCUT2D eigenvalue weighted by molar-refractivity contribution is 5.93. The molecule has 3 N–H and O–H groups in total. The highest BCUT2D eigenvalue weighted by Crippen LogP contribution is 2.23. The van der Waals surface area contributed by atoms with Crippen molar-refractivity contribution >= 4 is 11.6 Å². The van der Waals surface area contributed by atoms with Crippen LogP contribution in [0.25, 0.3) is 0 Å². The van der Waals surface area contributed by atoms with Crippen molar-refractivity contribution in [1.82, 2.24) is 5.32 Å². The third-order valence-electron chi connectivity index (χ3n) is 3.69. The summed E-state index contributed by atoms with van der Waals surface area (Å²) in [6.07, 6.45) is 1.19. The van der Waals surface area contributed by atoms with Gasteiger partial charge in [-0.1, -0.05) is 24.3 Å². The first-order valence-electron chi connectivity index (χ1n) is 7.11. The van der Waals surface area contributed by atoms with E-state index in [0.717, 1.165) is 30.8 Å². The van der Waals surface area contributed by atoms with Crippen LogP contribution in [0, 0.1) is 0 Å². The minimum Gasteiger partial charge on any atom is -0.508 e. The van der Waals surface area contributed by atoms with E-state index in [0.29, 0.717) is 0 Å². The van der Waals surface area contributed by atoms with Crippen LogP contribution in [0.3, 0.4) is 0 Å². The molecule has 0 aliphatic carbocycles. The number of phenols is 1. The lowest BCUT2D eigenvalue weighted by atomic mass is 9.99. The van der Waals surface area contributed by atoms with E-state index < -0.39 is 0 Å². The Balaban J connectivity index is 1.73. The first kappa shape index (κ1) is 13.6. The molecule has 21 heavy (non-hydrogen) atoms. The van der Waals surface area contributed by atoms with Gasteiger partial charge in [-0.2, -0.15) is 0 Å². The second-order valence-electron chi connectivity index (χ2n) is 5.26. The summed E-state index contributed by atoms with van der Waals surface area (Å²) in [6.45, 7) is 1.79. The molecule has 0 spiro atoms. The Morgan fingerprint density at radius 3 is 2.95 bits per heavy atom. The first-order chi connectivity index (χ1) is 10.2. The maximum absolute atomic E-state index is 12.2. The zero-order valence-electron chi connectivity index (χ0n) is 11.7. The summed E-state index contributed by atoms with van der Waals surface area (Å²) in [6, 6.07) is 12.8. The van der Waals surface area contributed by atoms with Crippen LogP contribution in [-0.2, 0) is 24.2 Å². The number of nitrogens with one attached hydrogen (secondary N) is 2. The fourth-order valence-corrected chi connectivity index (χ4v) is 2.70. The smallest absolute Gasteiger partial charge is 0.228 e. The van der Waals surface area contributed by atoms with Gasteiger partial charge in [0.25, 0.3) is 0 Å². The standard InChI is InChI=1S/C17H18N2O2/c20-14-5-1-3-12(9-14)10-17(21)19-16-6-2-4-13-11-18-8-7-15(13)16/h1-6,9,18,20H,7-8,10-11H2,(H,19,21). The molecule has 1 amide bonds. The van der Waals surface area contributed by atoms with Crippen LogP contribution in [0.2, 0.25) is 0 Å².